The van der Waals surface area contributed by atoms with Gasteiger partial charge in [0.15, 0.2) is 5.17 Å². The number of amides is 2. The Hall–Kier alpha value is -2.22. The SMILES string of the molecule is CC(=NN=C1NC(=O)[C@@H](CC(=O)Nc2ccc(F)cc2)S1)C(C)C. The minimum atomic E-state index is -0.557. The summed E-state index contributed by atoms with van der Waals surface area (Å²) in [6, 6.07) is 5.44. The molecule has 1 aromatic carbocycles. The topological polar surface area (TPSA) is 82.9 Å². The van der Waals surface area contributed by atoms with Crippen molar-refractivity contribution in [2.45, 2.75) is 32.4 Å². The molecule has 6 nitrogen and oxygen atoms in total. The molecule has 1 aliphatic rings. The molecule has 2 N–H and O–H groups in total. The van der Waals surface area contributed by atoms with Crippen molar-refractivity contribution in [1.29, 1.82) is 0 Å². The van der Waals surface area contributed by atoms with Gasteiger partial charge in [-0.3, -0.25) is 9.59 Å². The molecule has 1 saturated heterocycles. The van der Waals surface area contributed by atoms with E-state index in [1.165, 1.54) is 36.0 Å². The zero-order chi connectivity index (χ0) is 17.7. The predicted molar refractivity (Wildman–Crippen MR) is 94.6 cm³/mol. The highest BCUT2D eigenvalue weighted by molar-refractivity contribution is 8.15. The van der Waals surface area contributed by atoms with Crippen LogP contribution in [0, 0.1) is 11.7 Å². The van der Waals surface area contributed by atoms with E-state index in [0.717, 1.165) is 5.71 Å². The number of hydrogen-bond acceptors (Lipinski definition) is 5. The lowest BCUT2D eigenvalue weighted by molar-refractivity contribution is -0.122. The van der Waals surface area contributed by atoms with Gasteiger partial charge in [0, 0.05) is 17.8 Å². The molecule has 0 aromatic heterocycles. The van der Waals surface area contributed by atoms with Gasteiger partial charge in [-0.15, -0.1) is 5.10 Å². The fourth-order valence-electron chi connectivity index (χ4n) is 1.74. The summed E-state index contributed by atoms with van der Waals surface area (Å²) in [5.41, 5.74) is 1.34. The molecule has 0 saturated carbocycles. The van der Waals surface area contributed by atoms with Gasteiger partial charge in [0.2, 0.25) is 11.8 Å². The molecule has 1 atom stereocenters. The van der Waals surface area contributed by atoms with Crippen molar-refractivity contribution in [2.24, 2.45) is 16.1 Å². The Kier molecular flexibility index (Phi) is 6.08. The van der Waals surface area contributed by atoms with E-state index in [4.69, 9.17) is 0 Å². The van der Waals surface area contributed by atoms with Crippen LogP contribution >= 0.6 is 11.8 Å². The van der Waals surface area contributed by atoms with Crippen LogP contribution in [0.15, 0.2) is 34.5 Å². The summed E-state index contributed by atoms with van der Waals surface area (Å²) >= 11 is 1.18. The summed E-state index contributed by atoms with van der Waals surface area (Å²) in [4.78, 5) is 23.9. The second-order valence-electron chi connectivity index (χ2n) is 5.66. The van der Waals surface area contributed by atoms with Gasteiger partial charge in [-0.1, -0.05) is 25.6 Å². The van der Waals surface area contributed by atoms with Crippen LogP contribution < -0.4 is 10.6 Å². The van der Waals surface area contributed by atoms with Crippen molar-refractivity contribution in [2.75, 3.05) is 5.32 Å². The van der Waals surface area contributed by atoms with Crippen LogP contribution in [0.3, 0.4) is 0 Å². The normalized spacial score (nSPS) is 19.7. The molecule has 0 aliphatic carbocycles. The Balaban J connectivity index is 1.92. The van der Waals surface area contributed by atoms with Crippen LogP contribution in [0.5, 0.6) is 0 Å². The molecular weight excluding hydrogens is 331 g/mol. The number of nitrogens with zero attached hydrogens (tertiary/aromatic N) is 2. The summed E-state index contributed by atoms with van der Waals surface area (Å²) < 4.78 is 12.8. The molecule has 0 bridgehead atoms. The first-order valence-corrected chi connectivity index (χ1v) is 8.38. The lowest BCUT2D eigenvalue weighted by Crippen LogP contribution is -2.28. The Bertz CT molecular complexity index is 686. The van der Waals surface area contributed by atoms with Crippen molar-refractivity contribution in [3.05, 3.63) is 30.1 Å². The van der Waals surface area contributed by atoms with Gasteiger partial charge >= 0.3 is 0 Å². The number of hydrogen-bond donors (Lipinski definition) is 2. The summed E-state index contributed by atoms with van der Waals surface area (Å²) in [6.45, 7) is 5.87. The van der Waals surface area contributed by atoms with E-state index < -0.39 is 5.25 Å². The monoisotopic (exact) mass is 350 g/mol. The molecular formula is C16H19FN4O2S. The third-order valence-corrected chi connectivity index (χ3v) is 4.48. The van der Waals surface area contributed by atoms with E-state index in [1.54, 1.807) is 0 Å². The lowest BCUT2D eigenvalue weighted by atomic mass is 10.1. The minimum absolute atomic E-state index is 0.000225. The average Bonchev–Trinajstić information content (AvgIpc) is 2.87. The Labute approximate surface area is 144 Å². The number of nitrogens with one attached hydrogen (secondary N) is 2. The summed E-state index contributed by atoms with van der Waals surface area (Å²) in [7, 11) is 0. The fraction of sp³-hybridized carbons (Fsp3) is 0.375. The zero-order valence-electron chi connectivity index (χ0n) is 13.7. The van der Waals surface area contributed by atoms with E-state index in [9.17, 15) is 14.0 Å². The second-order valence-corrected chi connectivity index (χ2v) is 6.85. The highest BCUT2D eigenvalue weighted by atomic mass is 32.2. The van der Waals surface area contributed by atoms with Crippen LogP contribution in [0.25, 0.3) is 0 Å². The second kappa shape index (κ2) is 8.05. The molecule has 0 spiro atoms. The van der Waals surface area contributed by atoms with Gasteiger partial charge in [0.25, 0.3) is 0 Å². The predicted octanol–water partition coefficient (Wildman–Crippen LogP) is 2.77. The van der Waals surface area contributed by atoms with Gasteiger partial charge < -0.3 is 10.6 Å². The molecule has 0 radical (unpaired) electrons. The zero-order valence-corrected chi connectivity index (χ0v) is 14.5. The minimum Gasteiger partial charge on any atom is -0.326 e. The van der Waals surface area contributed by atoms with Crippen molar-refractivity contribution in [1.82, 2.24) is 5.32 Å². The Morgan fingerprint density at radius 1 is 1.38 bits per heavy atom. The van der Waals surface area contributed by atoms with Crippen molar-refractivity contribution in [3.8, 4) is 0 Å². The van der Waals surface area contributed by atoms with Crippen LogP contribution in [-0.2, 0) is 9.59 Å². The number of rotatable bonds is 5. The quantitative estimate of drug-likeness (QED) is 0.633. The number of halogens is 1. The average molecular weight is 350 g/mol. The third kappa shape index (κ3) is 5.16. The third-order valence-electron chi connectivity index (χ3n) is 3.41. The number of amidine groups is 1. The molecule has 2 amide bonds. The van der Waals surface area contributed by atoms with E-state index in [-0.39, 0.29) is 30.0 Å². The summed E-state index contributed by atoms with van der Waals surface area (Å²) in [6.07, 6.45) is -0.000225. The number of anilines is 1. The number of carbonyl (C=O) groups excluding carboxylic acids is 2. The Morgan fingerprint density at radius 3 is 2.67 bits per heavy atom. The first-order chi connectivity index (χ1) is 11.3. The fourth-order valence-corrected chi connectivity index (χ4v) is 2.66. The van der Waals surface area contributed by atoms with Gasteiger partial charge in [-0.05, 0) is 37.1 Å². The van der Waals surface area contributed by atoms with Crippen LogP contribution in [0.1, 0.15) is 27.2 Å². The lowest BCUT2D eigenvalue weighted by Gasteiger charge is -2.07. The summed E-state index contributed by atoms with van der Waals surface area (Å²) in [5, 5.41) is 13.1. The molecule has 1 heterocycles. The molecule has 1 fully saturated rings. The van der Waals surface area contributed by atoms with Gasteiger partial charge in [-0.2, -0.15) is 5.10 Å². The van der Waals surface area contributed by atoms with E-state index in [1.807, 2.05) is 20.8 Å². The largest absolute Gasteiger partial charge is 0.326 e. The highest BCUT2D eigenvalue weighted by Gasteiger charge is 2.32. The van der Waals surface area contributed by atoms with Gasteiger partial charge in [0.05, 0.1) is 0 Å². The van der Waals surface area contributed by atoms with Crippen LogP contribution in [0.4, 0.5) is 10.1 Å². The first kappa shape index (κ1) is 18.1. The van der Waals surface area contributed by atoms with Crippen molar-refractivity contribution >= 4 is 40.1 Å². The molecule has 128 valence electrons. The van der Waals surface area contributed by atoms with E-state index in [2.05, 4.69) is 20.8 Å². The summed E-state index contributed by atoms with van der Waals surface area (Å²) in [5.74, 6) is -0.701. The molecule has 1 aliphatic heterocycles. The highest BCUT2D eigenvalue weighted by Crippen LogP contribution is 2.23. The number of benzene rings is 1. The first-order valence-electron chi connectivity index (χ1n) is 7.50. The maximum absolute atomic E-state index is 12.8. The molecule has 0 unspecified atom stereocenters. The smallest absolute Gasteiger partial charge is 0.240 e. The van der Waals surface area contributed by atoms with Gasteiger partial charge in [0.1, 0.15) is 11.1 Å². The van der Waals surface area contributed by atoms with Crippen LogP contribution in [0.2, 0.25) is 0 Å². The van der Waals surface area contributed by atoms with Gasteiger partial charge in [-0.25, -0.2) is 4.39 Å². The molecule has 1 aromatic rings. The Morgan fingerprint density at radius 2 is 2.04 bits per heavy atom. The maximum atomic E-state index is 12.8. The maximum Gasteiger partial charge on any atom is 0.240 e. The van der Waals surface area contributed by atoms with E-state index in [0.29, 0.717) is 10.9 Å². The number of thioether (sulfide) groups is 1. The van der Waals surface area contributed by atoms with Crippen molar-refractivity contribution < 1.29 is 14.0 Å². The molecule has 2 rings (SSSR count). The van der Waals surface area contributed by atoms with E-state index >= 15 is 0 Å². The number of carbonyl (C=O) groups is 2. The van der Waals surface area contributed by atoms with Crippen molar-refractivity contribution in [3.63, 3.8) is 0 Å². The standard InChI is InChI=1S/C16H19FN4O2S/c1-9(2)10(3)20-21-16-19-15(23)13(24-16)8-14(22)18-12-6-4-11(17)5-7-12/h4-7,9,13H,8H2,1-3H3,(H,18,22)(H,19,21,23)/t13-/m1/s1. The molecule has 8 heteroatoms. The van der Waals surface area contributed by atoms with Crippen LogP contribution in [-0.4, -0.2) is 27.9 Å². The molecule has 24 heavy (non-hydrogen) atoms.